The highest BCUT2D eigenvalue weighted by Crippen LogP contribution is 2.59. The van der Waals surface area contributed by atoms with E-state index in [2.05, 4.69) is 140 Å². The highest BCUT2D eigenvalue weighted by Gasteiger charge is 2.56. The quantitative estimate of drug-likeness (QED) is 0.176. The number of halogens is 2. The summed E-state index contributed by atoms with van der Waals surface area (Å²) in [6.45, 7) is 33.7. The second kappa shape index (κ2) is 7.94. The molecule has 0 aliphatic heterocycles. The van der Waals surface area contributed by atoms with Gasteiger partial charge in [0.05, 0.1) is 0 Å². The molecule has 1 nitrogen and oxygen atoms in total. The van der Waals surface area contributed by atoms with Crippen LogP contribution in [0.2, 0.25) is 24.2 Å². The molecule has 2 unspecified atom stereocenters. The molecular formula is C20H44I2OSi2. The second-order valence-corrected chi connectivity index (χ2v) is 31.2. The highest BCUT2D eigenvalue weighted by molar-refractivity contribution is 14.1. The van der Waals surface area contributed by atoms with Crippen LogP contribution in [0.1, 0.15) is 83.1 Å². The Labute approximate surface area is 186 Å². The lowest BCUT2D eigenvalue weighted by Crippen LogP contribution is -2.55. The van der Waals surface area contributed by atoms with Crippen molar-refractivity contribution in [2.75, 3.05) is 0 Å². The summed E-state index contributed by atoms with van der Waals surface area (Å²) < 4.78 is 7.31. The lowest BCUT2D eigenvalue weighted by molar-refractivity contribution is 0.200. The van der Waals surface area contributed by atoms with Crippen LogP contribution < -0.4 is 0 Å². The zero-order valence-corrected chi connectivity index (χ0v) is 25.6. The van der Waals surface area contributed by atoms with Gasteiger partial charge in [-0.05, 0) is 45.8 Å². The second-order valence-electron chi connectivity index (χ2n) is 12.4. The predicted molar refractivity (Wildman–Crippen MR) is 138 cm³/mol. The molecule has 0 saturated heterocycles. The Morgan fingerprint density at radius 1 is 0.520 bits per heavy atom. The molecule has 0 aromatic heterocycles. The summed E-state index contributed by atoms with van der Waals surface area (Å²) in [6.07, 6.45) is 0. The maximum absolute atomic E-state index is 7.31. The van der Waals surface area contributed by atoms with Crippen LogP contribution >= 0.6 is 43.6 Å². The van der Waals surface area contributed by atoms with Gasteiger partial charge in [0.15, 0.2) is 0 Å². The van der Waals surface area contributed by atoms with E-state index in [1.807, 2.05) is 0 Å². The van der Waals surface area contributed by atoms with E-state index in [0.29, 0.717) is 11.1 Å². The van der Waals surface area contributed by atoms with Crippen LogP contribution in [0.25, 0.3) is 0 Å². The van der Waals surface area contributed by atoms with Gasteiger partial charge >= 0.3 is 0 Å². The van der Waals surface area contributed by atoms with Crippen LogP contribution in [-0.4, -0.2) is 11.6 Å². The summed E-state index contributed by atoms with van der Waals surface area (Å²) in [5.74, 6) is -3.87. The summed E-state index contributed by atoms with van der Waals surface area (Å²) in [5, 5.41) is 0. The molecule has 0 saturated carbocycles. The molecule has 0 aromatic carbocycles. The number of hydrogen-bond acceptors (Lipinski definition) is 1. The smallest absolute Gasteiger partial charge is 0.249 e. The molecule has 0 spiro atoms. The topological polar surface area (TPSA) is 9.23 Å². The molecule has 152 valence electrons. The fourth-order valence-corrected chi connectivity index (χ4v) is 39.7. The molecule has 25 heavy (non-hydrogen) atoms. The first kappa shape index (κ1) is 26.9. The van der Waals surface area contributed by atoms with Gasteiger partial charge in [-0.15, -0.1) is 0 Å². The van der Waals surface area contributed by atoms with Gasteiger partial charge in [-0.3, -0.25) is 0 Å². The molecular weight excluding hydrogens is 566 g/mol. The Balaban J connectivity index is 6.06. The summed E-state index contributed by atoms with van der Waals surface area (Å²) in [5.41, 5.74) is 2.19. The molecule has 0 aliphatic carbocycles. The third-order valence-corrected chi connectivity index (χ3v) is 21.3. The minimum Gasteiger partial charge on any atom is -0.440 e. The molecule has 0 fully saturated rings. The van der Waals surface area contributed by atoms with E-state index in [9.17, 15) is 0 Å². The third kappa shape index (κ3) is 7.65. The Kier molecular flexibility index (Phi) is 8.53. The van der Waals surface area contributed by atoms with Crippen molar-refractivity contribution in [1.29, 1.82) is 0 Å². The first-order chi connectivity index (χ1) is 10.4. The highest BCUT2D eigenvalue weighted by atomic mass is 127. The van der Waals surface area contributed by atoms with E-state index < -0.39 is 11.6 Å². The monoisotopic (exact) mass is 610 g/mol. The Morgan fingerprint density at radius 3 is 0.800 bits per heavy atom. The van der Waals surface area contributed by atoms with Crippen molar-refractivity contribution in [2.24, 2.45) is 21.7 Å². The van der Waals surface area contributed by atoms with E-state index in [-0.39, 0.29) is 21.7 Å². The molecule has 0 N–H and O–H groups in total. The van der Waals surface area contributed by atoms with E-state index in [1.165, 1.54) is 0 Å². The molecule has 0 radical (unpaired) electrons. The lowest BCUT2D eigenvalue weighted by Gasteiger charge is -2.53. The van der Waals surface area contributed by atoms with E-state index in [4.69, 9.17) is 4.12 Å². The van der Waals surface area contributed by atoms with Crippen molar-refractivity contribution in [1.82, 2.24) is 0 Å². The van der Waals surface area contributed by atoms with Gasteiger partial charge in [-0.25, -0.2) is 0 Å². The minimum absolute atomic E-state index is 0.250. The largest absolute Gasteiger partial charge is 0.440 e. The lowest BCUT2D eigenvalue weighted by atomic mass is 9.76. The molecule has 0 amide bonds. The van der Waals surface area contributed by atoms with E-state index in [0.717, 1.165) is 0 Å². The summed E-state index contributed by atoms with van der Waals surface area (Å²) in [6, 6.07) is 0. The SMILES string of the molecule is CC(C)(C)C(C(C)(C)C)[Si](C)(I)O[Si](C)(I)C(C(C)(C)C)C(C)(C)C. The van der Waals surface area contributed by atoms with Crippen LogP contribution in [0.5, 0.6) is 0 Å². The molecule has 0 rings (SSSR count). The average Bonchev–Trinajstić information content (AvgIpc) is 1.98. The van der Waals surface area contributed by atoms with E-state index >= 15 is 0 Å². The van der Waals surface area contributed by atoms with Crippen molar-refractivity contribution in [3.63, 3.8) is 0 Å². The van der Waals surface area contributed by atoms with E-state index in [1.54, 1.807) is 0 Å². The molecule has 2 atom stereocenters. The first-order valence-electron chi connectivity index (χ1n) is 9.52. The Bertz CT molecular complexity index is 376. The predicted octanol–water partition coefficient (Wildman–Crippen LogP) is 8.94. The zero-order chi connectivity index (χ0) is 20.9. The van der Waals surface area contributed by atoms with Gasteiger partial charge < -0.3 is 4.12 Å². The normalized spacial score (nSPS) is 19.9. The van der Waals surface area contributed by atoms with Crippen molar-refractivity contribution < 1.29 is 4.12 Å². The molecule has 0 heterocycles. The third-order valence-electron chi connectivity index (χ3n) is 4.89. The van der Waals surface area contributed by atoms with Gasteiger partial charge in [-0.1, -0.05) is 127 Å². The van der Waals surface area contributed by atoms with Crippen LogP contribution in [0, 0.1) is 21.7 Å². The molecule has 5 heteroatoms. The van der Waals surface area contributed by atoms with Gasteiger partial charge in [0.25, 0.3) is 0 Å². The first-order valence-corrected chi connectivity index (χ1v) is 20.7. The van der Waals surface area contributed by atoms with Crippen LogP contribution in [0.15, 0.2) is 0 Å². The Hall–Kier alpha value is 1.85. The zero-order valence-electron chi connectivity index (χ0n) is 19.3. The van der Waals surface area contributed by atoms with Gasteiger partial charge in [0.1, 0.15) is 0 Å². The fraction of sp³-hybridized carbons (Fsp3) is 1.00. The molecule has 0 aliphatic rings. The minimum atomic E-state index is -1.94. The molecule has 0 aromatic rings. The van der Waals surface area contributed by atoms with Crippen molar-refractivity contribution >= 4 is 55.2 Å². The fourth-order valence-electron chi connectivity index (χ4n) is 6.20. The number of hydrogen-bond donors (Lipinski definition) is 0. The van der Waals surface area contributed by atoms with Crippen LogP contribution in [0.3, 0.4) is 0 Å². The average molecular weight is 611 g/mol. The van der Waals surface area contributed by atoms with Gasteiger partial charge in [0, 0.05) is 0 Å². The van der Waals surface area contributed by atoms with Crippen molar-refractivity contribution in [2.45, 2.75) is 107 Å². The van der Waals surface area contributed by atoms with Crippen molar-refractivity contribution in [3.8, 4) is 0 Å². The summed E-state index contributed by atoms with van der Waals surface area (Å²) >= 11 is 5.50. The van der Waals surface area contributed by atoms with Crippen LogP contribution in [-0.2, 0) is 4.12 Å². The maximum atomic E-state index is 7.31. The van der Waals surface area contributed by atoms with Gasteiger partial charge in [0.2, 0.25) is 11.6 Å². The maximum Gasteiger partial charge on any atom is 0.249 e. The summed E-state index contributed by atoms with van der Waals surface area (Å²) in [4.78, 5) is 0. The summed E-state index contributed by atoms with van der Waals surface area (Å²) in [7, 11) is 0. The van der Waals surface area contributed by atoms with Crippen LogP contribution in [0.4, 0.5) is 0 Å². The standard InChI is InChI=1S/C20H44I2OSi2/c1-17(2,3)15(18(4,5)6)24(13,21)23-25(14,22)16(19(7,8)9)20(10,11)12/h15-16H,1-14H3. The van der Waals surface area contributed by atoms with Crippen molar-refractivity contribution in [3.05, 3.63) is 0 Å². The molecule has 0 bridgehead atoms. The number of rotatable bonds is 4. The van der Waals surface area contributed by atoms with Gasteiger partial charge in [-0.2, -0.15) is 0 Å². The Morgan fingerprint density at radius 2 is 0.680 bits per heavy atom.